The third kappa shape index (κ3) is 2.95. The van der Waals surface area contributed by atoms with Crippen LogP contribution in [0.2, 0.25) is 5.02 Å². The lowest BCUT2D eigenvalue weighted by molar-refractivity contribution is -0.384. The van der Waals surface area contributed by atoms with Crippen molar-refractivity contribution < 1.29 is 9.72 Å². The number of halogens is 1. The number of nitro benzene ring substituents is 1. The molecule has 0 unspecified atom stereocenters. The van der Waals surface area contributed by atoms with E-state index in [2.05, 4.69) is 5.32 Å². The van der Waals surface area contributed by atoms with Crippen LogP contribution in [0.4, 0.5) is 11.4 Å². The summed E-state index contributed by atoms with van der Waals surface area (Å²) < 4.78 is 0. The molecule has 0 aliphatic rings. The maximum atomic E-state index is 12.1. The molecule has 20 heavy (non-hydrogen) atoms. The summed E-state index contributed by atoms with van der Waals surface area (Å²) in [6, 6.07) is 11.0. The molecule has 0 heterocycles. The number of aryl methyl sites for hydroxylation is 1. The van der Waals surface area contributed by atoms with Gasteiger partial charge in [0, 0.05) is 17.7 Å². The second-order valence-electron chi connectivity index (χ2n) is 4.19. The number of benzene rings is 2. The zero-order valence-corrected chi connectivity index (χ0v) is 11.3. The van der Waals surface area contributed by atoms with Crippen molar-refractivity contribution in [1.82, 2.24) is 0 Å². The molecule has 102 valence electrons. The minimum atomic E-state index is -0.542. The van der Waals surface area contributed by atoms with Crippen LogP contribution in [-0.4, -0.2) is 10.8 Å². The summed E-state index contributed by atoms with van der Waals surface area (Å²) in [7, 11) is 0. The smallest absolute Gasteiger partial charge is 0.271 e. The van der Waals surface area contributed by atoms with Gasteiger partial charge in [0.15, 0.2) is 0 Å². The van der Waals surface area contributed by atoms with Crippen LogP contribution >= 0.6 is 11.6 Å². The summed E-state index contributed by atoms with van der Waals surface area (Å²) in [4.78, 5) is 22.3. The fraction of sp³-hybridized carbons (Fsp3) is 0.0714. The lowest BCUT2D eigenvalue weighted by Crippen LogP contribution is -2.13. The van der Waals surface area contributed by atoms with Crippen molar-refractivity contribution in [2.75, 3.05) is 5.32 Å². The zero-order valence-electron chi connectivity index (χ0n) is 10.6. The molecule has 0 saturated heterocycles. The average molecular weight is 291 g/mol. The number of amides is 1. The van der Waals surface area contributed by atoms with Crippen molar-refractivity contribution >= 4 is 28.9 Å². The van der Waals surface area contributed by atoms with Crippen LogP contribution in [0.1, 0.15) is 15.9 Å². The monoisotopic (exact) mass is 290 g/mol. The summed E-state index contributed by atoms with van der Waals surface area (Å²) in [5.74, 6) is -0.356. The molecule has 0 aliphatic heterocycles. The Labute approximate surface area is 120 Å². The number of hydrogen-bond acceptors (Lipinski definition) is 3. The number of carbonyl (C=O) groups is 1. The summed E-state index contributed by atoms with van der Waals surface area (Å²) in [6.45, 7) is 1.81. The quantitative estimate of drug-likeness (QED) is 0.690. The predicted molar refractivity (Wildman–Crippen MR) is 77.2 cm³/mol. The molecule has 1 N–H and O–H groups in total. The predicted octanol–water partition coefficient (Wildman–Crippen LogP) is 3.81. The summed E-state index contributed by atoms with van der Waals surface area (Å²) >= 11 is 5.93. The second kappa shape index (κ2) is 5.71. The van der Waals surface area contributed by atoms with Gasteiger partial charge in [-0.25, -0.2) is 0 Å². The number of hydrogen-bond donors (Lipinski definition) is 1. The first-order valence-corrected chi connectivity index (χ1v) is 6.18. The van der Waals surface area contributed by atoms with Gasteiger partial charge in [0.25, 0.3) is 11.6 Å². The normalized spacial score (nSPS) is 10.1. The van der Waals surface area contributed by atoms with Gasteiger partial charge >= 0.3 is 0 Å². The minimum Gasteiger partial charge on any atom is -0.320 e. The van der Waals surface area contributed by atoms with Crippen LogP contribution in [0.25, 0.3) is 0 Å². The highest BCUT2D eigenvalue weighted by atomic mass is 35.5. The lowest BCUT2D eigenvalue weighted by Gasteiger charge is -2.08. The van der Waals surface area contributed by atoms with Crippen LogP contribution in [-0.2, 0) is 0 Å². The number of carbonyl (C=O) groups excluding carboxylic acids is 1. The van der Waals surface area contributed by atoms with Gasteiger partial charge in [-0.3, -0.25) is 14.9 Å². The van der Waals surface area contributed by atoms with E-state index in [1.54, 1.807) is 12.1 Å². The van der Waals surface area contributed by atoms with E-state index in [0.29, 0.717) is 5.56 Å². The fourth-order valence-corrected chi connectivity index (χ4v) is 1.90. The summed E-state index contributed by atoms with van der Waals surface area (Å²) in [6.07, 6.45) is 0. The van der Waals surface area contributed by atoms with Gasteiger partial charge in [0.2, 0.25) is 0 Å². The van der Waals surface area contributed by atoms with Crippen molar-refractivity contribution in [2.24, 2.45) is 0 Å². The highest BCUT2D eigenvalue weighted by Crippen LogP contribution is 2.27. The number of rotatable bonds is 3. The lowest BCUT2D eigenvalue weighted by atomic mass is 10.1. The molecule has 2 aromatic rings. The van der Waals surface area contributed by atoms with Crippen LogP contribution < -0.4 is 5.32 Å². The Morgan fingerprint density at radius 1 is 1.25 bits per heavy atom. The largest absolute Gasteiger partial charge is 0.320 e. The van der Waals surface area contributed by atoms with Crippen molar-refractivity contribution in [3.63, 3.8) is 0 Å². The highest BCUT2D eigenvalue weighted by Gasteiger charge is 2.14. The summed E-state index contributed by atoms with van der Waals surface area (Å²) in [5, 5.41) is 13.6. The molecule has 0 aliphatic carbocycles. The van der Waals surface area contributed by atoms with Gasteiger partial charge in [0.1, 0.15) is 0 Å². The van der Waals surface area contributed by atoms with Gasteiger partial charge in [-0.2, -0.15) is 0 Å². The molecule has 0 aromatic heterocycles. The third-order valence-corrected chi connectivity index (χ3v) is 3.13. The zero-order chi connectivity index (χ0) is 14.7. The van der Waals surface area contributed by atoms with E-state index in [1.165, 1.54) is 18.2 Å². The van der Waals surface area contributed by atoms with Gasteiger partial charge in [0.05, 0.1) is 15.6 Å². The first-order valence-electron chi connectivity index (χ1n) is 5.80. The second-order valence-corrected chi connectivity index (χ2v) is 4.60. The first kappa shape index (κ1) is 14.0. The van der Waals surface area contributed by atoms with E-state index in [4.69, 9.17) is 11.6 Å². The standard InChI is InChI=1S/C14H11ClN2O3/c1-9-4-2-3-5-11(9)14(18)16-13-8-10(17(19)20)6-7-12(13)15/h2-8H,1H3,(H,16,18). The number of non-ortho nitro benzene ring substituents is 1. The van der Waals surface area contributed by atoms with Crippen LogP contribution in [0.3, 0.4) is 0 Å². The van der Waals surface area contributed by atoms with E-state index in [1.807, 2.05) is 19.1 Å². The number of nitro groups is 1. The minimum absolute atomic E-state index is 0.130. The van der Waals surface area contributed by atoms with Crippen LogP contribution in [0.5, 0.6) is 0 Å². The number of anilines is 1. The Balaban J connectivity index is 2.30. The van der Waals surface area contributed by atoms with E-state index in [-0.39, 0.29) is 22.3 Å². The van der Waals surface area contributed by atoms with Crippen molar-refractivity contribution in [2.45, 2.75) is 6.92 Å². The van der Waals surface area contributed by atoms with E-state index in [0.717, 1.165) is 5.56 Å². The SMILES string of the molecule is Cc1ccccc1C(=O)Nc1cc([N+](=O)[O-])ccc1Cl. The van der Waals surface area contributed by atoms with Gasteiger partial charge in [-0.1, -0.05) is 29.8 Å². The van der Waals surface area contributed by atoms with Gasteiger partial charge in [-0.05, 0) is 24.6 Å². The molecule has 0 radical (unpaired) electrons. The molecule has 0 bridgehead atoms. The van der Waals surface area contributed by atoms with E-state index < -0.39 is 4.92 Å². The molecule has 6 heteroatoms. The Morgan fingerprint density at radius 2 is 1.95 bits per heavy atom. The molecule has 2 aromatic carbocycles. The first-order chi connectivity index (χ1) is 9.49. The van der Waals surface area contributed by atoms with Crippen molar-refractivity contribution in [1.29, 1.82) is 0 Å². The van der Waals surface area contributed by atoms with Crippen LogP contribution in [0.15, 0.2) is 42.5 Å². The van der Waals surface area contributed by atoms with Crippen molar-refractivity contribution in [3.8, 4) is 0 Å². The Hall–Kier alpha value is -2.40. The maximum absolute atomic E-state index is 12.1. The van der Waals surface area contributed by atoms with E-state index >= 15 is 0 Å². The molecular weight excluding hydrogens is 280 g/mol. The summed E-state index contributed by atoms with van der Waals surface area (Å²) in [5.41, 5.74) is 1.39. The fourth-order valence-electron chi connectivity index (χ4n) is 1.74. The maximum Gasteiger partial charge on any atom is 0.271 e. The average Bonchev–Trinajstić information content (AvgIpc) is 2.41. The Morgan fingerprint density at radius 3 is 2.60 bits per heavy atom. The van der Waals surface area contributed by atoms with Crippen molar-refractivity contribution in [3.05, 3.63) is 68.7 Å². The number of nitrogens with one attached hydrogen (secondary N) is 1. The Kier molecular flexibility index (Phi) is 4.00. The highest BCUT2D eigenvalue weighted by molar-refractivity contribution is 6.34. The Bertz CT molecular complexity index is 686. The van der Waals surface area contributed by atoms with Crippen LogP contribution in [0, 0.1) is 17.0 Å². The molecule has 5 nitrogen and oxygen atoms in total. The molecule has 1 amide bonds. The van der Waals surface area contributed by atoms with E-state index in [9.17, 15) is 14.9 Å². The molecular formula is C14H11ClN2O3. The number of nitrogens with zero attached hydrogens (tertiary/aromatic N) is 1. The molecule has 0 atom stereocenters. The molecule has 0 fully saturated rings. The third-order valence-electron chi connectivity index (χ3n) is 2.80. The van der Waals surface area contributed by atoms with Gasteiger partial charge in [-0.15, -0.1) is 0 Å². The van der Waals surface area contributed by atoms with Gasteiger partial charge < -0.3 is 5.32 Å². The molecule has 0 saturated carbocycles. The molecule has 2 rings (SSSR count). The topological polar surface area (TPSA) is 72.2 Å². The molecule has 0 spiro atoms.